The Morgan fingerprint density at radius 1 is 1.21 bits per heavy atom. The van der Waals surface area contributed by atoms with Crippen molar-refractivity contribution in [3.8, 4) is 5.75 Å². The van der Waals surface area contributed by atoms with Crippen LogP contribution in [0.5, 0.6) is 5.75 Å². The summed E-state index contributed by atoms with van der Waals surface area (Å²) in [5, 5.41) is 2.68. The molecule has 6 heteroatoms. The molecule has 0 saturated carbocycles. The van der Waals surface area contributed by atoms with Gasteiger partial charge in [-0.25, -0.2) is 4.79 Å². The number of rotatable bonds is 7. The largest absolute Gasteiger partial charge is 0.492 e. The van der Waals surface area contributed by atoms with E-state index in [2.05, 4.69) is 17.4 Å². The van der Waals surface area contributed by atoms with Crippen molar-refractivity contribution in [3.63, 3.8) is 0 Å². The van der Waals surface area contributed by atoms with Crippen molar-refractivity contribution in [2.24, 2.45) is 5.92 Å². The Morgan fingerprint density at radius 2 is 2.00 bits per heavy atom. The van der Waals surface area contributed by atoms with E-state index in [9.17, 15) is 9.59 Å². The zero-order valence-corrected chi connectivity index (χ0v) is 17.5. The molecule has 0 aliphatic heterocycles. The number of hydrogen-bond donors (Lipinski definition) is 1. The van der Waals surface area contributed by atoms with Gasteiger partial charge in [-0.1, -0.05) is 6.07 Å². The SMILES string of the molecule is CCOC(=O)CC1CCCc2ccc(OCCNC(=O)OC(C)(C)C)cc2C1. The topological polar surface area (TPSA) is 73.9 Å². The number of hydrogen-bond acceptors (Lipinski definition) is 5. The van der Waals surface area contributed by atoms with Gasteiger partial charge in [-0.05, 0) is 82.6 Å². The molecular weight excluding hydrogens is 358 g/mol. The summed E-state index contributed by atoms with van der Waals surface area (Å²) in [6.45, 7) is 8.48. The van der Waals surface area contributed by atoms with E-state index in [0.29, 0.717) is 32.1 Å². The minimum Gasteiger partial charge on any atom is -0.492 e. The first-order chi connectivity index (χ1) is 13.3. The van der Waals surface area contributed by atoms with Crippen LogP contribution in [0.3, 0.4) is 0 Å². The average Bonchev–Trinajstić information content (AvgIpc) is 2.78. The van der Waals surface area contributed by atoms with Crippen LogP contribution in [0.15, 0.2) is 18.2 Å². The van der Waals surface area contributed by atoms with Crippen molar-refractivity contribution in [2.75, 3.05) is 19.8 Å². The van der Waals surface area contributed by atoms with Crippen molar-refractivity contribution >= 4 is 12.1 Å². The molecule has 1 aromatic rings. The van der Waals surface area contributed by atoms with Crippen LogP contribution in [-0.4, -0.2) is 37.4 Å². The first-order valence-corrected chi connectivity index (χ1v) is 10.1. The van der Waals surface area contributed by atoms with Crippen molar-refractivity contribution in [1.82, 2.24) is 5.32 Å². The van der Waals surface area contributed by atoms with Crippen LogP contribution in [0, 0.1) is 5.92 Å². The molecule has 0 aromatic heterocycles. The molecule has 0 bridgehead atoms. The molecule has 6 nitrogen and oxygen atoms in total. The maximum absolute atomic E-state index is 11.8. The average molecular weight is 392 g/mol. The molecule has 28 heavy (non-hydrogen) atoms. The predicted octanol–water partition coefficient (Wildman–Crippen LogP) is 4.04. The van der Waals surface area contributed by atoms with Crippen molar-refractivity contribution in [3.05, 3.63) is 29.3 Å². The van der Waals surface area contributed by atoms with Crippen LogP contribution in [-0.2, 0) is 27.1 Å². The smallest absolute Gasteiger partial charge is 0.407 e. The molecule has 0 saturated heterocycles. The number of esters is 1. The molecule has 1 N–H and O–H groups in total. The highest BCUT2D eigenvalue weighted by atomic mass is 16.6. The lowest BCUT2D eigenvalue weighted by Gasteiger charge is -2.19. The van der Waals surface area contributed by atoms with Crippen molar-refractivity contribution in [1.29, 1.82) is 0 Å². The fraction of sp³-hybridized carbons (Fsp3) is 0.636. The Morgan fingerprint density at radius 3 is 2.71 bits per heavy atom. The summed E-state index contributed by atoms with van der Waals surface area (Å²) in [7, 11) is 0. The second-order valence-electron chi connectivity index (χ2n) is 8.18. The fourth-order valence-electron chi connectivity index (χ4n) is 3.39. The Labute approximate surface area is 167 Å². The third-order valence-corrected chi connectivity index (χ3v) is 4.54. The monoisotopic (exact) mass is 391 g/mol. The molecule has 0 radical (unpaired) electrons. The Bertz CT molecular complexity index is 665. The molecule has 156 valence electrons. The predicted molar refractivity (Wildman–Crippen MR) is 108 cm³/mol. The Hall–Kier alpha value is -2.24. The number of nitrogens with one attached hydrogen (secondary N) is 1. The zero-order valence-electron chi connectivity index (χ0n) is 17.5. The number of carbonyl (C=O) groups excluding carboxylic acids is 2. The maximum atomic E-state index is 11.8. The van der Waals surface area contributed by atoms with Gasteiger partial charge >= 0.3 is 12.1 Å². The fourth-order valence-corrected chi connectivity index (χ4v) is 3.39. The van der Waals surface area contributed by atoms with Crippen molar-refractivity contribution in [2.45, 2.75) is 65.4 Å². The van der Waals surface area contributed by atoms with Gasteiger partial charge in [-0.2, -0.15) is 0 Å². The minimum atomic E-state index is -0.512. The van der Waals surface area contributed by atoms with E-state index in [-0.39, 0.29) is 5.97 Å². The molecule has 1 atom stereocenters. The molecule has 0 heterocycles. The van der Waals surface area contributed by atoms with Crippen molar-refractivity contribution < 1.29 is 23.8 Å². The summed E-state index contributed by atoms with van der Waals surface area (Å²) in [6, 6.07) is 6.14. The molecule has 2 rings (SSSR count). The third-order valence-electron chi connectivity index (χ3n) is 4.54. The summed E-state index contributed by atoms with van der Waals surface area (Å²) in [4.78, 5) is 23.5. The number of ether oxygens (including phenoxy) is 3. The first kappa shape index (κ1) is 22.1. The molecule has 1 aliphatic rings. The van der Waals surface area contributed by atoms with E-state index in [0.717, 1.165) is 31.4 Å². The van der Waals surface area contributed by atoms with Crippen LogP contribution < -0.4 is 10.1 Å². The molecule has 0 fully saturated rings. The van der Waals surface area contributed by atoms with Gasteiger partial charge in [-0.15, -0.1) is 0 Å². The Balaban J connectivity index is 1.85. The molecule has 1 unspecified atom stereocenters. The highest BCUT2D eigenvalue weighted by Crippen LogP contribution is 2.29. The van der Waals surface area contributed by atoms with Gasteiger partial charge in [0.1, 0.15) is 18.0 Å². The number of alkyl carbamates (subject to hydrolysis) is 1. The lowest BCUT2D eigenvalue weighted by Crippen LogP contribution is -2.34. The van der Waals surface area contributed by atoms with Gasteiger partial charge in [0, 0.05) is 6.42 Å². The second-order valence-corrected chi connectivity index (χ2v) is 8.18. The Kier molecular flexibility index (Phi) is 8.15. The third kappa shape index (κ3) is 7.79. The van der Waals surface area contributed by atoms with Crippen LogP contribution in [0.1, 0.15) is 58.1 Å². The van der Waals surface area contributed by atoms with Crippen LogP contribution >= 0.6 is 0 Å². The van der Waals surface area contributed by atoms with E-state index in [1.54, 1.807) is 0 Å². The molecular formula is C22H33NO5. The number of carbonyl (C=O) groups is 2. The number of aryl methyl sites for hydroxylation is 1. The zero-order chi connectivity index (χ0) is 20.6. The maximum Gasteiger partial charge on any atom is 0.407 e. The van der Waals surface area contributed by atoms with E-state index >= 15 is 0 Å². The molecule has 1 aliphatic carbocycles. The van der Waals surface area contributed by atoms with Crippen LogP contribution in [0.2, 0.25) is 0 Å². The normalized spacial score (nSPS) is 16.5. The molecule has 1 aromatic carbocycles. The number of amides is 1. The molecule has 0 spiro atoms. The summed E-state index contributed by atoms with van der Waals surface area (Å²) in [6.07, 6.45) is 4.02. The van der Waals surface area contributed by atoms with E-state index < -0.39 is 11.7 Å². The van der Waals surface area contributed by atoms with Gasteiger partial charge < -0.3 is 19.5 Å². The van der Waals surface area contributed by atoms with Gasteiger partial charge in [0.05, 0.1) is 13.2 Å². The van der Waals surface area contributed by atoms with E-state index in [4.69, 9.17) is 14.2 Å². The summed E-state index contributed by atoms with van der Waals surface area (Å²) < 4.78 is 16.1. The van der Waals surface area contributed by atoms with Gasteiger partial charge in [-0.3, -0.25) is 4.79 Å². The highest BCUT2D eigenvalue weighted by Gasteiger charge is 2.20. The minimum absolute atomic E-state index is 0.114. The van der Waals surface area contributed by atoms with Gasteiger partial charge in [0.25, 0.3) is 0 Å². The summed E-state index contributed by atoms with van der Waals surface area (Å²) in [5.41, 5.74) is 2.05. The first-order valence-electron chi connectivity index (χ1n) is 10.1. The highest BCUT2D eigenvalue weighted by molar-refractivity contribution is 5.69. The molecule has 1 amide bonds. The van der Waals surface area contributed by atoms with Crippen LogP contribution in [0.25, 0.3) is 0 Å². The lowest BCUT2D eigenvalue weighted by molar-refractivity contribution is -0.144. The van der Waals surface area contributed by atoms with Crippen LogP contribution in [0.4, 0.5) is 4.79 Å². The summed E-state index contributed by atoms with van der Waals surface area (Å²) in [5.74, 6) is 0.975. The lowest BCUT2D eigenvalue weighted by atomic mass is 9.94. The number of fused-ring (bicyclic) bond motifs is 1. The summed E-state index contributed by atoms with van der Waals surface area (Å²) >= 11 is 0. The number of benzene rings is 1. The van der Waals surface area contributed by atoms with Gasteiger partial charge in [0.2, 0.25) is 0 Å². The quantitative estimate of drug-likeness (QED) is 0.431. The standard InChI is InChI=1S/C22H33NO5/c1-5-26-20(24)14-16-7-6-8-17-9-10-19(15-18(17)13-16)27-12-11-23-21(25)28-22(2,3)4/h9-10,15-16H,5-8,11-14H2,1-4H3,(H,23,25). The van der Waals surface area contributed by atoms with E-state index in [1.807, 2.05) is 33.8 Å². The van der Waals surface area contributed by atoms with E-state index in [1.165, 1.54) is 11.1 Å². The van der Waals surface area contributed by atoms with Gasteiger partial charge in [0.15, 0.2) is 0 Å². The second kappa shape index (κ2) is 10.3.